The number of benzene rings is 1. The first kappa shape index (κ1) is 9.73. The maximum atomic E-state index is 5.38. The Morgan fingerprint density at radius 3 is 2.92 bits per heavy atom. The molecule has 1 aromatic rings. The number of aryl methyl sites for hydroxylation is 1. The van der Waals surface area contributed by atoms with E-state index in [2.05, 4.69) is 19.9 Å². The second-order valence-electron chi connectivity index (χ2n) is 3.00. The standard InChI is InChI=1S/C10H11O.Rh/c1-7-3-4-10-9(8(7)2)5-6-11-10;/h3H,5-6H2,1-2H3;/q-1;. The Bertz CT molecular complexity index is 294. The van der Waals surface area contributed by atoms with Gasteiger partial charge in [0.2, 0.25) is 0 Å². The van der Waals surface area contributed by atoms with Crippen LogP contribution in [0.15, 0.2) is 6.07 Å². The van der Waals surface area contributed by atoms with Crippen molar-refractivity contribution in [2.24, 2.45) is 0 Å². The van der Waals surface area contributed by atoms with Crippen LogP contribution in [-0.4, -0.2) is 6.61 Å². The van der Waals surface area contributed by atoms with E-state index in [1.54, 1.807) is 0 Å². The van der Waals surface area contributed by atoms with Crippen LogP contribution in [0.5, 0.6) is 5.75 Å². The minimum atomic E-state index is 0. The molecule has 0 aromatic heterocycles. The zero-order valence-corrected chi connectivity index (χ0v) is 8.87. The predicted molar refractivity (Wildman–Crippen MR) is 44.0 cm³/mol. The molecule has 0 saturated carbocycles. The quantitative estimate of drug-likeness (QED) is 0.505. The zero-order valence-electron chi connectivity index (χ0n) is 7.23. The van der Waals surface area contributed by atoms with Crippen molar-refractivity contribution < 1.29 is 24.2 Å². The van der Waals surface area contributed by atoms with Crippen molar-refractivity contribution >= 4 is 0 Å². The van der Waals surface area contributed by atoms with Crippen molar-refractivity contribution in [3.63, 3.8) is 0 Å². The molecule has 0 fully saturated rings. The molecule has 1 aliphatic heterocycles. The van der Waals surface area contributed by atoms with Crippen LogP contribution in [0.2, 0.25) is 0 Å². The fourth-order valence-electron chi connectivity index (χ4n) is 1.46. The van der Waals surface area contributed by atoms with Gasteiger partial charge in [0.1, 0.15) is 0 Å². The first-order valence-corrected chi connectivity index (χ1v) is 3.92. The molecule has 1 aromatic carbocycles. The summed E-state index contributed by atoms with van der Waals surface area (Å²) in [6.07, 6.45) is 1.05. The number of hydrogen-bond donors (Lipinski definition) is 0. The molecule has 0 atom stereocenters. The van der Waals surface area contributed by atoms with Crippen molar-refractivity contribution in [1.82, 2.24) is 0 Å². The third kappa shape index (κ3) is 1.41. The predicted octanol–water partition coefficient (Wildman–Crippen LogP) is 2.04. The van der Waals surface area contributed by atoms with Crippen LogP contribution in [0.1, 0.15) is 16.7 Å². The van der Waals surface area contributed by atoms with Gasteiger partial charge in [-0.2, -0.15) is 17.2 Å². The Morgan fingerprint density at radius 1 is 1.42 bits per heavy atom. The summed E-state index contributed by atoms with van der Waals surface area (Å²) in [7, 11) is 0. The first-order chi connectivity index (χ1) is 5.29. The van der Waals surface area contributed by atoms with Crippen molar-refractivity contribution in [2.75, 3.05) is 6.61 Å². The molecule has 2 rings (SSSR count). The molecule has 0 saturated heterocycles. The largest absolute Gasteiger partial charge is 0.520 e. The fourth-order valence-corrected chi connectivity index (χ4v) is 1.46. The van der Waals surface area contributed by atoms with E-state index in [-0.39, 0.29) is 19.5 Å². The smallest absolute Gasteiger partial charge is 0.0788 e. The van der Waals surface area contributed by atoms with Crippen LogP contribution < -0.4 is 4.74 Å². The van der Waals surface area contributed by atoms with E-state index in [0.29, 0.717) is 0 Å². The molecule has 2 heteroatoms. The molecule has 67 valence electrons. The number of rotatable bonds is 0. The normalized spacial score (nSPS) is 13.2. The van der Waals surface area contributed by atoms with Gasteiger partial charge in [0.05, 0.1) is 6.61 Å². The van der Waals surface area contributed by atoms with Gasteiger partial charge in [0.25, 0.3) is 0 Å². The Morgan fingerprint density at radius 2 is 2.17 bits per heavy atom. The molecule has 0 aliphatic carbocycles. The van der Waals surface area contributed by atoms with Gasteiger partial charge < -0.3 is 4.74 Å². The van der Waals surface area contributed by atoms with Gasteiger partial charge >= 0.3 is 0 Å². The third-order valence-corrected chi connectivity index (χ3v) is 2.34. The van der Waals surface area contributed by atoms with E-state index in [1.165, 1.54) is 16.7 Å². The summed E-state index contributed by atoms with van der Waals surface area (Å²) in [5.74, 6) is 0.966. The van der Waals surface area contributed by atoms with Crippen molar-refractivity contribution in [3.05, 3.63) is 28.8 Å². The molecular formula is C10H11ORh-. The summed E-state index contributed by atoms with van der Waals surface area (Å²) in [4.78, 5) is 0. The van der Waals surface area contributed by atoms with Crippen molar-refractivity contribution in [3.8, 4) is 5.75 Å². The summed E-state index contributed by atoms with van der Waals surface area (Å²) >= 11 is 0. The minimum absolute atomic E-state index is 0. The van der Waals surface area contributed by atoms with Crippen molar-refractivity contribution in [1.29, 1.82) is 0 Å². The Hall–Kier alpha value is -0.357. The van der Waals surface area contributed by atoms with Gasteiger partial charge in [0, 0.05) is 25.2 Å². The van der Waals surface area contributed by atoms with Crippen LogP contribution >= 0.6 is 0 Å². The molecule has 1 radical (unpaired) electrons. The molecule has 0 amide bonds. The molecular weight excluding hydrogens is 239 g/mol. The second kappa shape index (κ2) is 3.57. The fraction of sp³-hybridized carbons (Fsp3) is 0.400. The number of fused-ring (bicyclic) bond motifs is 1. The summed E-state index contributed by atoms with van der Waals surface area (Å²) in [5.41, 5.74) is 4.04. The molecule has 0 spiro atoms. The molecule has 1 heterocycles. The maximum absolute atomic E-state index is 5.38. The van der Waals surface area contributed by atoms with Gasteiger partial charge in [-0.05, 0) is 6.42 Å². The third-order valence-electron chi connectivity index (χ3n) is 2.34. The maximum Gasteiger partial charge on any atom is 0.0788 e. The van der Waals surface area contributed by atoms with Crippen LogP contribution in [0.3, 0.4) is 0 Å². The molecule has 1 nitrogen and oxygen atoms in total. The molecule has 12 heavy (non-hydrogen) atoms. The zero-order chi connectivity index (χ0) is 7.84. The topological polar surface area (TPSA) is 9.23 Å². The van der Waals surface area contributed by atoms with Gasteiger partial charge in [-0.15, -0.1) is 11.6 Å². The Kier molecular flexibility index (Phi) is 2.90. The van der Waals surface area contributed by atoms with Crippen molar-refractivity contribution in [2.45, 2.75) is 20.3 Å². The van der Waals surface area contributed by atoms with Gasteiger partial charge in [-0.25, -0.2) is 0 Å². The van der Waals surface area contributed by atoms with Crippen LogP contribution in [0.4, 0.5) is 0 Å². The van der Waals surface area contributed by atoms with Gasteiger partial charge in [-0.3, -0.25) is 0 Å². The van der Waals surface area contributed by atoms with Crippen LogP contribution in [0.25, 0.3) is 0 Å². The van der Waals surface area contributed by atoms with Crippen LogP contribution in [0, 0.1) is 19.9 Å². The average Bonchev–Trinajstić information content (AvgIpc) is 2.45. The second-order valence-corrected chi connectivity index (χ2v) is 3.00. The Labute approximate surface area is 85.9 Å². The van der Waals surface area contributed by atoms with E-state index in [0.717, 1.165) is 18.8 Å². The summed E-state index contributed by atoms with van der Waals surface area (Å²) < 4.78 is 5.38. The SMILES string of the molecule is Cc1c[c-]c2c(c1C)CCO2.[Rh]. The van der Waals surface area contributed by atoms with E-state index < -0.39 is 0 Å². The monoisotopic (exact) mass is 250 g/mol. The summed E-state index contributed by atoms with van der Waals surface area (Å²) in [6, 6.07) is 5.14. The van der Waals surface area contributed by atoms with E-state index >= 15 is 0 Å². The van der Waals surface area contributed by atoms with E-state index in [1.807, 2.05) is 6.07 Å². The van der Waals surface area contributed by atoms with Gasteiger partial charge in [0.15, 0.2) is 0 Å². The van der Waals surface area contributed by atoms with E-state index in [4.69, 9.17) is 4.74 Å². The van der Waals surface area contributed by atoms with Gasteiger partial charge in [-0.1, -0.05) is 13.8 Å². The summed E-state index contributed by atoms with van der Waals surface area (Å²) in [6.45, 7) is 5.09. The molecule has 1 aliphatic rings. The average molecular weight is 250 g/mol. The summed E-state index contributed by atoms with van der Waals surface area (Å²) in [5, 5.41) is 0. The first-order valence-electron chi connectivity index (χ1n) is 3.92. The number of ether oxygens (including phenoxy) is 1. The van der Waals surface area contributed by atoms with Crippen LogP contribution in [-0.2, 0) is 25.9 Å². The van der Waals surface area contributed by atoms with E-state index in [9.17, 15) is 0 Å². The molecule has 0 unspecified atom stereocenters. The number of hydrogen-bond acceptors (Lipinski definition) is 1. The molecule has 0 bridgehead atoms. The minimum Gasteiger partial charge on any atom is -0.520 e. The Balaban J connectivity index is 0.000000720. The molecule has 0 N–H and O–H groups in total.